The molecule has 0 unspecified atom stereocenters. The van der Waals surface area contributed by atoms with E-state index in [9.17, 15) is 9.59 Å². The predicted octanol–water partition coefficient (Wildman–Crippen LogP) is 5.63. The first-order chi connectivity index (χ1) is 14.9. The van der Waals surface area contributed by atoms with Crippen LogP contribution in [0.4, 0.5) is 0 Å². The maximum absolute atomic E-state index is 12.6. The van der Waals surface area contributed by atoms with Crippen LogP contribution in [0.3, 0.4) is 0 Å². The Hall–Kier alpha value is -3.28. The fourth-order valence-corrected chi connectivity index (χ4v) is 3.23. The molecule has 0 atom stereocenters. The summed E-state index contributed by atoms with van der Waals surface area (Å²) in [7, 11) is 0. The van der Waals surface area contributed by atoms with Crippen molar-refractivity contribution in [3.05, 3.63) is 99.9 Å². The summed E-state index contributed by atoms with van der Waals surface area (Å²) in [5.74, 6) is -0.00651. The molecule has 3 rings (SSSR count). The van der Waals surface area contributed by atoms with E-state index in [0.29, 0.717) is 32.7 Å². The molecule has 2 N–H and O–H groups in total. The summed E-state index contributed by atoms with van der Waals surface area (Å²) in [6, 6.07) is 15.5. The fourth-order valence-electron chi connectivity index (χ4n) is 2.72. The number of carbonyl (C=O) groups is 2. The highest BCUT2D eigenvalue weighted by atomic mass is 35.5. The Morgan fingerprint density at radius 1 is 1.06 bits per heavy atom. The van der Waals surface area contributed by atoms with Crippen LogP contribution in [0.15, 0.2) is 77.4 Å². The molecule has 0 aliphatic carbocycles. The van der Waals surface area contributed by atoms with Gasteiger partial charge in [0.1, 0.15) is 17.2 Å². The third-order valence-corrected chi connectivity index (χ3v) is 4.87. The van der Waals surface area contributed by atoms with Gasteiger partial charge >= 0.3 is 0 Å². The lowest BCUT2D eigenvalue weighted by Crippen LogP contribution is -2.34. The zero-order chi connectivity index (χ0) is 22.4. The molecule has 7 heteroatoms. The normalized spacial score (nSPS) is 11.1. The minimum absolute atomic E-state index is 0.0375. The van der Waals surface area contributed by atoms with E-state index in [-0.39, 0.29) is 12.2 Å². The van der Waals surface area contributed by atoms with Gasteiger partial charge in [0, 0.05) is 28.8 Å². The number of furan rings is 1. The Bertz CT molecular complexity index is 1150. The number of amides is 2. The molecule has 158 valence electrons. The summed E-state index contributed by atoms with van der Waals surface area (Å²) in [5.41, 5.74) is 2.16. The number of hydrogen-bond acceptors (Lipinski definition) is 3. The van der Waals surface area contributed by atoms with E-state index < -0.39 is 11.8 Å². The standard InChI is InChI=1S/C24H20Cl2N2O3/c1-3-12-27-24(30)21(28-23(29)16-6-4-15(2)5-7-16)14-18-9-11-22(31-18)19-10-8-17(25)13-20(19)26/h3-11,13-14H,1,12H2,2H3,(H,27,30)(H,28,29). The minimum atomic E-state index is -0.470. The summed E-state index contributed by atoms with van der Waals surface area (Å²) in [6.07, 6.45) is 3.00. The molecule has 0 bridgehead atoms. The second-order valence-corrected chi connectivity index (χ2v) is 7.55. The molecule has 2 aromatic carbocycles. The van der Waals surface area contributed by atoms with Crippen LogP contribution in [0.1, 0.15) is 21.7 Å². The topological polar surface area (TPSA) is 71.3 Å². The molecule has 0 aliphatic rings. The molecule has 0 radical (unpaired) electrons. The second-order valence-electron chi connectivity index (χ2n) is 6.70. The summed E-state index contributed by atoms with van der Waals surface area (Å²) in [6.45, 7) is 5.76. The SMILES string of the molecule is C=CCNC(=O)C(=Cc1ccc(-c2ccc(Cl)cc2Cl)o1)NC(=O)c1ccc(C)cc1. The molecule has 1 aromatic heterocycles. The molecule has 31 heavy (non-hydrogen) atoms. The van der Waals surface area contributed by atoms with Crippen molar-refractivity contribution in [2.75, 3.05) is 6.54 Å². The van der Waals surface area contributed by atoms with Gasteiger partial charge in [0.2, 0.25) is 0 Å². The largest absolute Gasteiger partial charge is 0.457 e. The van der Waals surface area contributed by atoms with Crippen LogP contribution in [-0.2, 0) is 4.79 Å². The maximum atomic E-state index is 12.6. The van der Waals surface area contributed by atoms with Crippen LogP contribution in [-0.4, -0.2) is 18.4 Å². The number of halogens is 2. The van der Waals surface area contributed by atoms with Crippen molar-refractivity contribution in [1.82, 2.24) is 10.6 Å². The number of nitrogens with one attached hydrogen (secondary N) is 2. The van der Waals surface area contributed by atoms with Crippen LogP contribution in [0, 0.1) is 6.92 Å². The van der Waals surface area contributed by atoms with Gasteiger partial charge in [-0.25, -0.2) is 0 Å². The lowest BCUT2D eigenvalue weighted by Gasteiger charge is -2.10. The highest BCUT2D eigenvalue weighted by molar-refractivity contribution is 6.36. The monoisotopic (exact) mass is 454 g/mol. The average Bonchev–Trinajstić information content (AvgIpc) is 3.20. The number of carbonyl (C=O) groups excluding carboxylic acids is 2. The number of aryl methyl sites for hydroxylation is 1. The number of rotatable bonds is 7. The molecular formula is C24H20Cl2N2O3. The Morgan fingerprint density at radius 3 is 2.48 bits per heavy atom. The van der Waals surface area contributed by atoms with Crippen LogP contribution in [0.2, 0.25) is 10.0 Å². The van der Waals surface area contributed by atoms with Crippen molar-refractivity contribution in [3.8, 4) is 11.3 Å². The van der Waals surface area contributed by atoms with E-state index >= 15 is 0 Å². The smallest absolute Gasteiger partial charge is 0.268 e. The molecule has 0 saturated heterocycles. The lowest BCUT2D eigenvalue weighted by atomic mass is 10.1. The van der Waals surface area contributed by atoms with Crippen molar-refractivity contribution in [2.45, 2.75) is 6.92 Å². The van der Waals surface area contributed by atoms with Crippen molar-refractivity contribution in [3.63, 3.8) is 0 Å². The van der Waals surface area contributed by atoms with Gasteiger partial charge in [0.15, 0.2) is 0 Å². The van der Waals surface area contributed by atoms with Crippen molar-refractivity contribution in [1.29, 1.82) is 0 Å². The first-order valence-corrected chi connectivity index (χ1v) is 10.2. The second kappa shape index (κ2) is 10.2. The van der Waals surface area contributed by atoms with Crippen molar-refractivity contribution in [2.24, 2.45) is 0 Å². The molecule has 5 nitrogen and oxygen atoms in total. The van der Waals surface area contributed by atoms with Gasteiger partial charge < -0.3 is 15.1 Å². The number of hydrogen-bond donors (Lipinski definition) is 2. The van der Waals surface area contributed by atoms with Gasteiger partial charge in [0.05, 0.1) is 5.02 Å². The van der Waals surface area contributed by atoms with Gasteiger partial charge in [-0.2, -0.15) is 0 Å². The van der Waals surface area contributed by atoms with Crippen molar-refractivity contribution < 1.29 is 14.0 Å². The minimum Gasteiger partial charge on any atom is -0.457 e. The fraction of sp³-hybridized carbons (Fsp3) is 0.0833. The Kier molecular flexibility index (Phi) is 7.34. The maximum Gasteiger partial charge on any atom is 0.268 e. The third kappa shape index (κ3) is 5.87. The van der Waals surface area contributed by atoms with Crippen molar-refractivity contribution >= 4 is 41.1 Å². The van der Waals surface area contributed by atoms with Crippen LogP contribution < -0.4 is 10.6 Å². The molecule has 3 aromatic rings. The van der Waals surface area contributed by atoms with Crippen LogP contribution in [0.5, 0.6) is 0 Å². The van der Waals surface area contributed by atoms with Crippen LogP contribution in [0.25, 0.3) is 17.4 Å². The van der Waals surface area contributed by atoms with E-state index in [0.717, 1.165) is 5.56 Å². The first-order valence-electron chi connectivity index (χ1n) is 9.41. The zero-order valence-corrected chi connectivity index (χ0v) is 18.3. The molecule has 1 heterocycles. The zero-order valence-electron chi connectivity index (χ0n) is 16.7. The first kappa shape index (κ1) is 22.4. The van der Waals surface area contributed by atoms with Gasteiger partial charge in [0.25, 0.3) is 11.8 Å². The third-order valence-electron chi connectivity index (χ3n) is 4.32. The summed E-state index contributed by atoms with van der Waals surface area (Å²) in [4.78, 5) is 25.2. The summed E-state index contributed by atoms with van der Waals surface area (Å²) >= 11 is 12.2. The van der Waals surface area contributed by atoms with Gasteiger partial charge in [-0.1, -0.05) is 47.0 Å². The summed E-state index contributed by atoms with van der Waals surface area (Å²) < 4.78 is 5.82. The number of benzene rings is 2. The molecule has 0 spiro atoms. The highest BCUT2D eigenvalue weighted by Crippen LogP contribution is 2.31. The van der Waals surface area contributed by atoms with Gasteiger partial charge in [-0.15, -0.1) is 6.58 Å². The Labute approximate surface area is 190 Å². The summed E-state index contributed by atoms with van der Waals surface area (Å²) in [5, 5.41) is 6.26. The predicted molar refractivity (Wildman–Crippen MR) is 124 cm³/mol. The average molecular weight is 455 g/mol. The van der Waals surface area contributed by atoms with E-state index in [2.05, 4.69) is 17.2 Å². The van der Waals surface area contributed by atoms with E-state index in [4.69, 9.17) is 27.6 Å². The lowest BCUT2D eigenvalue weighted by molar-refractivity contribution is -0.117. The molecule has 0 fully saturated rings. The van der Waals surface area contributed by atoms with Crippen LogP contribution >= 0.6 is 23.2 Å². The highest BCUT2D eigenvalue weighted by Gasteiger charge is 2.16. The molecule has 2 amide bonds. The van der Waals surface area contributed by atoms with Gasteiger partial charge in [-0.05, 0) is 49.4 Å². The molecule has 0 saturated carbocycles. The van der Waals surface area contributed by atoms with E-state index in [1.807, 2.05) is 19.1 Å². The van der Waals surface area contributed by atoms with E-state index in [1.54, 1.807) is 48.5 Å². The Morgan fingerprint density at radius 2 is 1.81 bits per heavy atom. The van der Waals surface area contributed by atoms with E-state index in [1.165, 1.54) is 6.08 Å². The Balaban J connectivity index is 1.89. The molecular weight excluding hydrogens is 435 g/mol. The molecule has 0 aliphatic heterocycles. The quantitative estimate of drug-likeness (QED) is 0.358. The van der Waals surface area contributed by atoms with Gasteiger partial charge in [-0.3, -0.25) is 9.59 Å².